The molecule has 5 rings (SSSR count). The molecule has 0 N–H and O–H groups in total. The molecule has 0 spiro atoms. The lowest BCUT2D eigenvalue weighted by Gasteiger charge is -2.29. The number of carbonyl (C=O) groups excluding carboxylic acids is 1. The van der Waals surface area contributed by atoms with E-state index in [0.717, 1.165) is 35.6 Å². The molecule has 1 aliphatic heterocycles. The van der Waals surface area contributed by atoms with E-state index in [1.54, 1.807) is 10.9 Å². The van der Waals surface area contributed by atoms with Gasteiger partial charge in [-0.3, -0.25) is 4.79 Å². The van der Waals surface area contributed by atoms with Crippen LogP contribution in [0.3, 0.4) is 0 Å². The zero-order valence-corrected chi connectivity index (χ0v) is 16.2. The molecule has 2 heterocycles. The highest BCUT2D eigenvalue weighted by atomic mass is 16.7. The molecule has 2 aliphatic rings. The molecular weight excluding hydrogens is 366 g/mol. The summed E-state index contributed by atoms with van der Waals surface area (Å²) < 4.78 is 12.7. The van der Waals surface area contributed by atoms with Crippen LogP contribution in [0.25, 0.3) is 5.69 Å². The Bertz CT molecular complexity index is 993. The Kier molecular flexibility index (Phi) is 4.68. The summed E-state index contributed by atoms with van der Waals surface area (Å²) in [6, 6.07) is 15.7. The van der Waals surface area contributed by atoms with E-state index in [-0.39, 0.29) is 18.7 Å². The van der Waals surface area contributed by atoms with Crippen LogP contribution in [0.15, 0.2) is 60.9 Å². The minimum Gasteiger partial charge on any atom is -0.454 e. The zero-order chi connectivity index (χ0) is 19.6. The molecule has 0 unspecified atom stereocenters. The highest BCUT2D eigenvalue weighted by Gasteiger charge is 2.28. The molecule has 1 aliphatic carbocycles. The van der Waals surface area contributed by atoms with Gasteiger partial charge in [0.2, 0.25) is 6.79 Å². The fourth-order valence-electron chi connectivity index (χ4n) is 4.16. The molecular formula is C23H23N3O3. The Hall–Kier alpha value is -3.28. The van der Waals surface area contributed by atoms with Gasteiger partial charge in [0.25, 0.3) is 5.91 Å². The first-order chi connectivity index (χ1) is 14.3. The number of ether oxygens (including phenoxy) is 2. The van der Waals surface area contributed by atoms with E-state index in [4.69, 9.17) is 9.47 Å². The first kappa shape index (κ1) is 17.8. The van der Waals surface area contributed by atoms with E-state index < -0.39 is 0 Å². The lowest BCUT2D eigenvalue weighted by Crippen LogP contribution is -2.38. The predicted octanol–water partition coefficient (Wildman–Crippen LogP) is 4.19. The fourth-order valence-corrected chi connectivity index (χ4v) is 4.16. The molecule has 0 radical (unpaired) electrons. The van der Waals surface area contributed by atoms with E-state index in [1.807, 2.05) is 59.6 Å². The van der Waals surface area contributed by atoms with Crippen LogP contribution >= 0.6 is 0 Å². The van der Waals surface area contributed by atoms with Crippen LogP contribution in [0.1, 0.15) is 41.6 Å². The SMILES string of the molecule is O=C(c1ccc(-n2cccn2)cc1)N(Cc1ccc2c(c1)OCO2)C1CCCC1. The number of hydrogen-bond acceptors (Lipinski definition) is 4. The van der Waals surface area contributed by atoms with Gasteiger partial charge >= 0.3 is 0 Å². The maximum Gasteiger partial charge on any atom is 0.254 e. The number of amides is 1. The number of aromatic nitrogens is 2. The van der Waals surface area contributed by atoms with Crippen molar-refractivity contribution in [1.82, 2.24) is 14.7 Å². The first-order valence-electron chi connectivity index (χ1n) is 10.1. The van der Waals surface area contributed by atoms with Crippen LogP contribution in [0, 0.1) is 0 Å². The Morgan fingerprint density at radius 3 is 2.62 bits per heavy atom. The summed E-state index contributed by atoms with van der Waals surface area (Å²) in [4.78, 5) is 15.4. The monoisotopic (exact) mass is 389 g/mol. The van der Waals surface area contributed by atoms with E-state index in [1.165, 1.54) is 12.8 Å². The van der Waals surface area contributed by atoms with Crippen molar-refractivity contribution in [3.63, 3.8) is 0 Å². The van der Waals surface area contributed by atoms with Crippen molar-refractivity contribution in [2.24, 2.45) is 0 Å². The van der Waals surface area contributed by atoms with Crippen LogP contribution in [0.2, 0.25) is 0 Å². The number of hydrogen-bond donors (Lipinski definition) is 0. The molecule has 2 aromatic carbocycles. The molecule has 6 nitrogen and oxygen atoms in total. The predicted molar refractivity (Wildman–Crippen MR) is 108 cm³/mol. The molecule has 3 aromatic rings. The molecule has 0 bridgehead atoms. The second-order valence-electron chi connectivity index (χ2n) is 7.56. The van der Waals surface area contributed by atoms with Crippen LogP contribution < -0.4 is 9.47 Å². The molecule has 1 saturated carbocycles. The van der Waals surface area contributed by atoms with Gasteiger partial charge in [-0.1, -0.05) is 18.9 Å². The first-order valence-corrected chi connectivity index (χ1v) is 10.1. The van der Waals surface area contributed by atoms with E-state index >= 15 is 0 Å². The van der Waals surface area contributed by atoms with Gasteiger partial charge in [0.1, 0.15) is 0 Å². The molecule has 0 atom stereocenters. The van der Waals surface area contributed by atoms with E-state index in [0.29, 0.717) is 12.1 Å². The number of carbonyl (C=O) groups is 1. The van der Waals surface area contributed by atoms with Gasteiger partial charge in [-0.25, -0.2) is 4.68 Å². The lowest BCUT2D eigenvalue weighted by atomic mass is 10.1. The minimum atomic E-state index is 0.0709. The van der Waals surface area contributed by atoms with Crippen LogP contribution in [0.5, 0.6) is 11.5 Å². The highest BCUT2D eigenvalue weighted by Crippen LogP contribution is 2.34. The average molecular weight is 389 g/mol. The summed E-state index contributed by atoms with van der Waals surface area (Å²) in [6.45, 7) is 0.827. The van der Waals surface area contributed by atoms with Crippen molar-refractivity contribution >= 4 is 5.91 Å². The molecule has 148 valence electrons. The molecule has 6 heteroatoms. The van der Waals surface area contributed by atoms with Gasteiger partial charge < -0.3 is 14.4 Å². The lowest BCUT2D eigenvalue weighted by molar-refractivity contribution is 0.0664. The third kappa shape index (κ3) is 3.58. The fraction of sp³-hybridized carbons (Fsp3) is 0.304. The Morgan fingerprint density at radius 2 is 1.86 bits per heavy atom. The van der Waals surface area contributed by atoms with Gasteiger partial charge in [-0.15, -0.1) is 0 Å². The summed E-state index contributed by atoms with van der Waals surface area (Å²) >= 11 is 0. The van der Waals surface area contributed by atoms with E-state index in [2.05, 4.69) is 5.10 Å². The van der Waals surface area contributed by atoms with Crippen molar-refractivity contribution in [1.29, 1.82) is 0 Å². The number of nitrogens with zero attached hydrogens (tertiary/aromatic N) is 3. The highest BCUT2D eigenvalue weighted by molar-refractivity contribution is 5.94. The number of fused-ring (bicyclic) bond motifs is 1. The molecule has 1 amide bonds. The van der Waals surface area contributed by atoms with Crippen molar-refractivity contribution in [2.75, 3.05) is 6.79 Å². The van der Waals surface area contributed by atoms with Crippen LogP contribution in [0.4, 0.5) is 0 Å². The average Bonchev–Trinajstić information content (AvgIpc) is 3.53. The largest absolute Gasteiger partial charge is 0.454 e. The molecule has 0 saturated heterocycles. The van der Waals surface area contributed by atoms with Gasteiger partial charge in [0.05, 0.1) is 5.69 Å². The quantitative estimate of drug-likeness (QED) is 0.657. The number of benzene rings is 2. The minimum absolute atomic E-state index is 0.0709. The van der Waals surface area contributed by atoms with Crippen molar-refractivity contribution in [3.05, 3.63) is 72.1 Å². The van der Waals surface area contributed by atoms with E-state index in [9.17, 15) is 4.79 Å². The molecule has 1 aromatic heterocycles. The smallest absolute Gasteiger partial charge is 0.254 e. The second kappa shape index (κ2) is 7.62. The molecule has 29 heavy (non-hydrogen) atoms. The third-order valence-corrected chi connectivity index (χ3v) is 5.70. The maximum absolute atomic E-state index is 13.4. The normalized spacial score (nSPS) is 15.6. The standard InChI is InChI=1S/C23H23N3O3/c27-23(18-7-9-20(10-8-18)26-13-3-12-24-26)25(19-4-1-2-5-19)15-17-6-11-21-22(14-17)29-16-28-21/h3,6-14,19H,1-2,4-5,15-16H2. The van der Waals surface area contributed by atoms with Gasteiger partial charge in [-0.05, 0) is 60.9 Å². The maximum atomic E-state index is 13.4. The Balaban J connectivity index is 1.39. The van der Waals surface area contributed by atoms with Gasteiger partial charge in [-0.2, -0.15) is 5.10 Å². The third-order valence-electron chi connectivity index (χ3n) is 5.70. The summed E-state index contributed by atoms with van der Waals surface area (Å²) in [5, 5.41) is 4.24. The summed E-state index contributed by atoms with van der Waals surface area (Å²) in [7, 11) is 0. The topological polar surface area (TPSA) is 56.6 Å². The summed E-state index contributed by atoms with van der Waals surface area (Å²) in [5.41, 5.74) is 2.70. The summed E-state index contributed by atoms with van der Waals surface area (Å²) in [6.07, 6.45) is 8.10. The van der Waals surface area contributed by atoms with Crippen LogP contribution in [-0.2, 0) is 6.54 Å². The Morgan fingerprint density at radius 1 is 1.07 bits per heavy atom. The van der Waals surface area contributed by atoms with Crippen molar-refractivity contribution in [3.8, 4) is 17.2 Å². The zero-order valence-electron chi connectivity index (χ0n) is 16.2. The van der Waals surface area contributed by atoms with Crippen molar-refractivity contribution < 1.29 is 14.3 Å². The Labute approximate surface area is 169 Å². The van der Waals surface area contributed by atoms with Gasteiger partial charge in [0, 0.05) is 30.5 Å². The van der Waals surface area contributed by atoms with Crippen molar-refractivity contribution in [2.45, 2.75) is 38.3 Å². The summed E-state index contributed by atoms with van der Waals surface area (Å²) in [5.74, 6) is 1.59. The number of rotatable bonds is 5. The van der Waals surface area contributed by atoms with Gasteiger partial charge in [0.15, 0.2) is 11.5 Å². The molecule has 1 fully saturated rings. The van der Waals surface area contributed by atoms with Crippen LogP contribution in [-0.4, -0.2) is 33.4 Å². The second-order valence-corrected chi connectivity index (χ2v) is 7.56.